The number of fused-ring (bicyclic) bond motifs is 1. The molecular formula is C15H14N4O. The van der Waals surface area contributed by atoms with Crippen LogP contribution < -0.4 is 10.6 Å². The molecule has 1 aliphatic rings. The second-order valence-electron chi connectivity index (χ2n) is 4.42. The molecule has 2 N–H and O–H groups in total. The number of hydrogen-bond acceptors (Lipinski definition) is 4. The SMILES string of the molecule is CNC1N=C(c2ccccn2)c2ccccc2NC1=O. The van der Waals surface area contributed by atoms with Crippen molar-refractivity contribution in [3.05, 3.63) is 59.9 Å². The van der Waals surface area contributed by atoms with Crippen molar-refractivity contribution >= 4 is 17.3 Å². The number of pyridine rings is 1. The van der Waals surface area contributed by atoms with Crippen molar-refractivity contribution in [1.29, 1.82) is 0 Å². The van der Waals surface area contributed by atoms with Gasteiger partial charge in [0.1, 0.15) is 0 Å². The molecule has 1 atom stereocenters. The Kier molecular flexibility index (Phi) is 3.26. The highest BCUT2D eigenvalue weighted by Crippen LogP contribution is 2.22. The van der Waals surface area contributed by atoms with Gasteiger partial charge in [-0.1, -0.05) is 24.3 Å². The summed E-state index contributed by atoms with van der Waals surface area (Å²) >= 11 is 0. The lowest BCUT2D eigenvalue weighted by Gasteiger charge is -2.08. The maximum absolute atomic E-state index is 12.1. The fourth-order valence-corrected chi connectivity index (χ4v) is 2.16. The maximum atomic E-state index is 12.1. The summed E-state index contributed by atoms with van der Waals surface area (Å²) in [6.07, 6.45) is 1.09. The average molecular weight is 266 g/mol. The minimum absolute atomic E-state index is 0.175. The van der Waals surface area contributed by atoms with Crippen LogP contribution in [0.25, 0.3) is 0 Å². The van der Waals surface area contributed by atoms with Gasteiger partial charge in [0.2, 0.25) is 0 Å². The lowest BCUT2D eigenvalue weighted by Crippen LogP contribution is -2.36. The molecule has 20 heavy (non-hydrogen) atoms. The molecule has 5 heteroatoms. The van der Waals surface area contributed by atoms with Crippen LogP contribution in [-0.2, 0) is 4.79 Å². The molecule has 2 aromatic rings. The van der Waals surface area contributed by atoms with E-state index < -0.39 is 6.17 Å². The summed E-state index contributed by atoms with van der Waals surface area (Å²) in [6, 6.07) is 13.2. The predicted octanol–water partition coefficient (Wildman–Crippen LogP) is 1.42. The number of benzene rings is 1. The van der Waals surface area contributed by atoms with Gasteiger partial charge in [0.15, 0.2) is 6.17 Å². The van der Waals surface area contributed by atoms with Crippen LogP contribution in [-0.4, -0.2) is 29.8 Å². The van der Waals surface area contributed by atoms with E-state index in [4.69, 9.17) is 0 Å². The number of carbonyl (C=O) groups excluding carboxylic acids is 1. The molecule has 5 nitrogen and oxygen atoms in total. The van der Waals surface area contributed by atoms with Gasteiger partial charge in [0.05, 0.1) is 17.1 Å². The molecule has 0 fully saturated rings. The molecule has 100 valence electrons. The Morgan fingerprint density at radius 2 is 1.95 bits per heavy atom. The second kappa shape index (κ2) is 5.22. The molecule has 0 saturated carbocycles. The third-order valence-electron chi connectivity index (χ3n) is 3.13. The van der Waals surface area contributed by atoms with E-state index >= 15 is 0 Å². The Balaban J connectivity index is 2.20. The minimum Gasteiger partial charge on any atom is -0.322 e. The van der Waals surface area contributed by atoms with Gasteiger partial charge >= 0.3 is 0 Å². The molecule has 3 rings (SSSR count). The van der Waals surface area contributed by atoms with Crippen LogP contribution in [0.4, 0.5) is 5.69 Å². The number of benzodiazepines with no additional fused rings is 1. The number of amides is 1. The Labute approximate surface area is 116 Å². The number of hydrogen-bond donors (Lipinski definition) is 2. The zero-order valence-electron chi connectivity index (χ0n) is 11.0. The number of carbonyl (C=O) groups is 1. The lowest BCUT2D eigenvalue weighted by atomic mass is 10.0. The van der Waals surface area contributed by atoms with Crippen LogP contribution in [0.5, 0.6) is 0 Å². The molecule has 0 saturated heterocycles. The molecule has 0 bridgehead atoms. The van der Waals surface area contributed by atoms with Crippen molar-refractivity contribution < 1.29 is 4.79 Å². The summed E-state index contributed by atoms with van der Waals surface area (Å²) in [5.74, 6) is -0.175. The number of rotatable bonds is 2. The molecule has 0 radical (unpaired) electrons. The third kappa shape index (κ3) is 2.19. The van der Waals surface area contributed by atoms with E-state index in [1.165, 1.54) is 0 Å². The number of aliphatic imine (C=N–C) groups is 1. The first-order valence-electron chi connectivity index (χ1n) is 6.36. The molecular weight excluding hydrogens is 252 g/mol. The van der Waals surface area contributed by atoms with Gasteiger partial charge in [0.25, 0.3) is 5.91 Å². The summed E-state index contributed by atoms with van der Waals surface area (Å²) in [5.41, 5.74) is 3.08. The van der Waals surface area contributed by atoms with Gasteiger partial charge in [-0.25, -0.2) is 0 Å². The normalized spacial score (nSPS) is 17.8. The summed E-state index contributed by atoms with van der Waals surface area (Å²) in [5, 5.41) is 5.78. The van der Waals surface area contributed by atoms with Crippen LogP contribution in [0.2, 0.25) is 0 Å². The van der Waals surface area contributed by atoms with Gasteiger partial charge in [-0.2, -0.15) is 0 Å². The van der Waals surface area contributed by atoms with Crippen LogP contribution in [0, 0.1) is 0 Å². The number of nitrogens with zero attached hydrogens (tertiary/aromatic N) is 2. The molecule has 1 aromatic carbocycles. The highest BCUT2D eigenvalue weighted by Gasteiger charge is 2.24. The van der Waals surface area contributed by atoms with E-state index in [0.29, 0.717) is 5.71 Å². The highest BCUT2D eigenvalue weighted by molar-refractivity contribution is 6.18. The molecule has 0 spiro atoms. The molecule has 2 heterocycles. The van der Waals surface area contributed by atoms with Crippen molar-refractivity contribution in [2.75, 3.05) is 12.4 Å². The van der Waals surface area contributed by atoms with Crippen molar-refractivity contribution in [1.82, 2.24) is 10.3 Å². The van der Waals surface area contributed by atoms with Crippen molar-refractivity contribution in [2.24, 2.45) is 4.99 Å². The Bertz CT molecular complexity index is 667. The van der Waals surface area contributed by atoms with Gasteiger partial charge in [-0.05, 0) is 25.2 Å². The van der Waals surface area contributed by atoms with Crippen molar-refractivity contribution in [2.45, 2.75) is 6.17 Å². The molecule has 1 amide bonds. The van der Waals surface area contributed by atoms with E-state index in [1.807, 2.05) is 42.5 Å². The monoisotopic (exact) mass is 266 g/mol. The Hall–Kier alpha value is -2.53. The number of nitrogens with one attached hydrogen (secondary N) is 2. The lowest BCUT2D eigenvalue weighted by molar-refractivity contribution is -0.117. The fourth-order valence-electron chi connectivity index (χ4n) is 2.16. The van der Waals surface area contributed by atoms with Crippen LogP contribution in [0.1, 0.15) is 11.3 Å². The topological polar surface area (TPSA) is 66.4 Å². The van der Waals surface area contributed by atoms with Crippen LogP contribution in [0.3, 0.4) is 0 Å². The van der Waals surface area contributed by atoms with Crippen LogP contribution >= 0.6 is 0 Å². The molecule has 1 aromatic heterocycles. The predicted molar refractivity (Wildman–Crippen MR) is 77.8 cm³/mol. The van der Waals surface area contributed by atoms with Crippen molar-refractivity contribution in [3.8, 4) is 0 Å². The first kappa shape index (κ1) is 12.5. The van der Waals surface area contributed by atoms with Gasteiger partial charge in [-0.15, -0.1) is 0 Å². The van der Waals surface area contributed by atoms with Gasteiger partial charge in [-0.3, -0.25) is 20.1 Å². The first-order chi connectivity index (χ1) is 9.79. The maximum Gasteiger partial charge on any atom is 0.263 e. The Morgan fingerprint density at radius 1 is 1.15 bits per heavy atom. The second-order valence-corrected chi connectivity index (χ2v) is 4.42. The highest BCUT2D eigenvalue weighted by atomic mass is 16.2. The number of likely N-dealkylation sites (N-methyl/N-ethyl adjacent to an activating group) is 1. The smallest absolute Gasteiger partial charge is 0.263 e. The molecule has 1 aliphatic heterocycles. The zero-order valence-corrected chi connectivity index (χ0v) is 11.0. The standard InChI is InChI=1S/C15H14N4O/c1-16-14-15(20)18-11-7-3-2-6-10(11)13(19-14)12-8-4-5-9-17-12/h2-9,14,16H,1H3,(H,18,20). The average Bonchev–Trinajstić information content (AvgIpc) is 2.64. The minimum atomic E-state index is -0.626. The summed E-state index contributed by atoms with van der Waals surface area (Å²) in [6.45, 7) is 0. The van der Waals surface area contributed by atoms with Crippen molar-refractivity contribution in [3.63, 3.8) is 0 Å². The summed E-state index contributed by atoms with van der Waals surface area (Å²) in [7, 11) is 1.71. The molecule has 0 aliphatic carbocycles. The van der Waals surface area contributed by atoms with Crippen LogP contribution in [0.15, 0.2) is 53.7 Å². The van der Waals surface area contributed by atoms with E-state index in [0.717, 1.165) is 16.9 Å². The zero-order chi connectivity index (χ0) is 13.9. The number of aromatic nitrogens is 1. The first-order valence-corrected chi connectivity index (χ1v) is 6.36. The fraction of sp³-hybridized carbons (Fsp3) is 0.133. The van der Waals surface area contributed by atoms with Gasteiger partial charge < -0.3 is 5.32 Å². The number of para-hydroxylation sites is 1. The van der Waals surface area contributed by atoms with E-state index in [2.05, 4.69) is 20.6 Å². The summed E-state index contributed by atoms with van der Waals surface area (Å²) in [4.78, 5) is 20.9. The third-order valence-corrected chi connectivity index (χ3v) is 3.13. The Morgan fingerprint density at radius 3 is 2.70 bits per heavy atom. The number of anilines is 1. The van der Waals surface area contributed by atoms with Gasteiger partial charge in [0, 0.05) is 11.8 Å². The molecule has 1 unspecified atom stereocenters. The summed E-state index contributed by atoms with van der Waals surface area (Å²) < 4.78 is 0. The van der Waals surface area contributed by atoms with E-state index in [9.17, 15) is 4.79 Å². The largest absolute Gasteiger partial charge is 0.322 e. The van der Waals surface area contributed by atoms with E-state index in [-0.39, 0.29) is 5.91 Å². The quantitative estimate of drug-likeness (QED) is 0.864. The van der Waals surface area contributed by atoms with E-state index in [1.54, 1.807) is 13.2 Å².